The number of hydrogen-bond acceptors (Lipinski definition) is 4. The predicted octanol–water partition coefficient (Wildman–Crippen LogP) is 2.52. The van der Waals surface area contributed by atoms with E-state index in [0.717, 1.165) is 0 Å². The second-order valence-electron chi connectivity index (χ2n) is 6.34. The molecule has 4 rings (SSSR count). The van der Waals surface area contributed by atoms with Crippen LogP contribution in [0.1, 0.15) is 6.42 Å². The second-order valence-corrected chi connectivity index (χ2v) is 6.34. The number of nitrogens with zero attached hydrogens (tertiary/aromatic N) is 1. The zero-order chi connectivity index (χ0) is 18.8. The van der Waals surface area contributed by atoms with Crippen LogP contribution in [0.25, 0.3) is 0 Å². The molecular weight excluding hydrogens is 353 g/mol. The van der Waals surface area contributed by atoms with Crippen LogP contribution in [0.3, 0.4) is 0 Å². The number of anilines is 2. The van der Waals surface area contributed by atoms with Crippen molar-refractivity contribution in [1.29, 1.82) is 0 Å². The maximum Gasteiger partial charge on any atom is 0.319 e. The van der Waals surface area contributed by atoms with E-state index in [-0.39, 0.29) is 18.4 Å². The Kier molecular flexibility index (Phi) is 4.53. The van der Waals surface area contributed by atoms with Crippen molar-refractivity contribution in [1.82, 2.24) is 5.32 Å². The molecule has 1 fully saturated rings. The van der Waals surface area contributed by atoms with Gasteiger partial charge in [0, 0.05) is 30.4 Å². The van der Waals surface area contributed by atoms with E-state index in [1.165, 1.54) is 18.2 Å². The van der Waals surface area contributed by atoms with Crippen LogP contribution >= 0.6 is 0 Å². The van der Waals surface area contributed by atoms with Gasteiger partial charge in [0.15, 0.2) is 11.5 Å². The van der Waals surface area contributed by atoms with E-state index in [1.54, 1.807) is 29.2 Å². The smallest absolute Gasteiger partial charge is 0.319 e. The fourth-order valence-corrected chi connectivity index (χ4v) is 3.17. The molecule has 2 heterocycles. The summed E-state index contributed by atoms with van der Waals surface area (Å²) in [6, 6.07) is 10.1. The summed E-state index contributed by atoms with van der Waals surface area (Å²) >= 11 is 0. The molecule has 0 radical (unpaired) electrons. The summed E-state index contributed by atoms with van der Waals surface area (Å²) < 4.78 is 24.2. The van der Waals surface area contributed by atoms with Crippen molar-refractivity contribution in [3.63, 3.8) is 0 Å². The van der Waals surface area contributed by atoms with Crippen molar-refractivity contribution >= 4 is 23.3 Å². The summed E-state index contributed by atoms with van der Waals surface area (Å²) in [6.07, 6.45) is 0.186. The molecule has 2 aliphatic heterocycles. The van der Waals surface area contributed by atoms with E-state index in [1.807, 2.05) is 0 Å². The van der Waals surface area contributed by atoms with Crippen molar-refractivity contribution in [2.75, 3.05) is 30.0 Å². The largest absolute Gasteiger partial charge is 0.486 e. The number of benzene rings is 2. The molecule has 8 heteroatoms. The second kappa shape index (κ2) is 7.14. The van der Waals surface area contributed by atoms with Crippen LogP contribution in [0.5, 0.6) is 11.5 Å². The van der Waals surface area contributed by atoms with Gasteiger partial charge in [0.25, 0.3) is 0 Å². The van der Waals surface area contributed by atoms with Crippen molar-refractivity contribution in [2.24, 2.45) is 0 Å². The lowest BCUT2D eigenvalue weighted by molar-refractivity contribution is -0.117. The van der Waals surface area contributed by atoms with Crippen LogP contribution in [-0.2, 0) is 4.79 Å². The molecule has 2 N–H and O–H groups in total. The Bertz CT molecular complexity index is 889. The lowest BCUT2D eigenvalue weighted by Crippen LogP contribution is -2.39. The van der Waals surface area contributed by atoms with Crippen molar-refractivity contribution in [3.8, 4) is 11.5 Å². The predicted molar refractivity (Wildman–Crippen MR) is 96.7 cm³/mol. The van der Waals surface area contributed by atoms with E-state index < -0.39 is 11.8 Å². The molecule has 0 saturated carbocycles. The number of fused-ring (bicyclic) bond motifs is 1. The van der Waals surface area contributed by atoms with E-state index in [9.17, 15) is 14.0 Å². The molecule has 2 aliphatic rings. The maximum absolute atomic E-state index is 13.2. The number of urea groups is 1. The van der Waals surface area contributed by atoms with Crippen LogP contribution in [-0.4, -0.2) is 37.7 Å². The Hall–Kier alpha value is -3.29. The third-order valence-electron chi connectivity index (χ3n) is 4.38. The third kappa shape index (κ3) is 3.79. The molecule has 2 aromatic carbocycles. The zero-order valence-corrected chi connectivity index (χ0v) is 14.4. The highest BCUT2D eigenvalue weighted by atomic mass is 19.1. The summed E-state index contributed by atoms with van der Waals surface area (Å²) in [5.41, 5.74) is 1.04. The summed E-state index contributed by atoms with van der Waals surface area (Å²) in [6.45, 7) is 1.31. The standard InChI is InChI=1S/C19H18FN3O4/c20-12-2-1-3-13(8-12)21-19(25)22-14-9-18(24)23(11-14)15-4-5-16-17(10-15)27-7-6-26-16/h1-5,8,10,14H,6-7,9,11H2,(H2,21,22,25)/t14-/m1/s1. The van der Waals surface area contributed by atoms with Gasteiger partial charge in [-0.15, -0.1) is 0 Å². The maximum atomic E-state index is 13.2. The molecule has 0 bridgehead atoms. The SMILES string of the molecule is O=C(Nc1cccc(F)c1)N[C@@H]1CC(=O)N(c2ccc3c(c2)OCCO3)C1. The number of rotatable bonds is 3. The Morgan fingerprint density at radius 2 is 1.93 bits per heavy atom. The van der Waals surface area contributed by atoms with Gasteiger partial charge in [-0.2, -0.15) is 0 Å². The van der Waals surface area contributed by atoms with Crippen LogP contribution in [0.4, 0.5) is 20.6 Å². The van der Waals surface area contributed by atoms with Gasteiger partial charge in [-0.1, -0.05) is 6.07 Å². The first-order valence-corrected chi connectivity index (χ1v) is 8.61. The minimum Gasteiger partial charge on any atom is -0.486 e. The Morgan fingerprint density at radius 3 is 2.74 bits per heavy atom. The van der Waals surface area contributed by atoms with Gasteiger partial charge in [-0.25, -0.2) is 9.18 Å². The number of nitrogens with one attached hydrogen (secondary N) is 2. The molecule has 1 atom stereocenters. The normalized spacial score (nSPS) is 18.3. The van der Waals surface area contributed by atoms with Crippen LogP contribution in [0, 0.1) is 5.82 Å². The minimum atomic E-state index is -0.484. The summed E-state index contributed by atoms with van der Waals surface area (Å²) in [5, 5.41) is 5.31. The van der Waals surface area contributed by atoms with Crippen LogP contribution in [0.2, 0.25) is 0 Å². The van der Waals surface area contributed by atoms with Gasteiger partial charge in [0.05, 0.1) is 6.04 Å². The number of amides is 3. The fourth-order valence-electron chi connectivity index (χ4n) is 3.17. The van der Waals surface area contributed by atoms with Gasteiger partial charge in [-0.05, 0) is 30.3 Å². The number of carbonyl (C=O) groups excluding carboxylic acids is 2. The molecular formula is C19H18FN3O4. The van der Waals surface area contributed by atoms with Crippen LogP contribution < -0.4 is 25.0 Å². The molecule has 2 aromatic rings. The van der Waals surface area contributed by atoms with E-state index in [0.29, 0.717) is 42.6 Å². The molecule has 7 nitrogen and oxygen atoms in total. The number of halogens is 1. The Balaban J connectivity index is 1.39. The average Bonchev–Trinajstić information content (AvgIpc) is 3.01. The zero-order valence-electron chi connectivity index (χ0n) is 14.4. The molecule has 140 valence electrons. The van der Waals surface area contributed by atoms with Gasteiger partial charge in [0.2, 0.25) is 5.91 Å². The number of carbonyl (C=O) groups is 2. The summed E-state index contributed by atoms with van der Waals surface area (Å²) in [5.74, 6) is 0.726. The van der Waals surface area contributed by atoms with Crippen molar-refractivity contribution < 1.29 is 23.5 Å². The van der Waals surface area contributed by atoms with Gasteiger partial charge >= 0.3 is 6.03 Å². The lowest BCUT2D eigenvalue weighted by atomic mass is 10.2. The first-order chi connectivity index (χ1) is 13.1. The first kappa shape index (κ1) is 17.1. The highest BCUT2D eigenvalue weighted by molar-refractivity contribution is 5.98. The van der Waals surface area contributed by atoms with E-state index >= 15 is 0 Å². The minimum absolute atomic E-state index is 0.0947. The Morgan fingerprint density at radius 1 is 1.11 bits per heavy atom. The lowest BCUT2D eigenvalue weighted by Gasteiger charge is -2.22. The average molecular weight is 371 g/mol. The first-order valence-electron chi connectivity index (χ1n) is 8.61. The molecule has 0 unspecified atom stereocenters. The summed E-state index contributed by atoms with van der Waals surface area (Å²) in [4.78, 5) is 26.1. The molecule has 27 heavy (non-hydrogen) atoms. The van der Waals surface area contributed by atoms with Crippen molar-refractivity contribution in [2.45, 2.75) is 12.5 Å². The van der Waals surface area contributed by atoms with E-state index in [4.69, 9.17) is 9.47 Å². The highest BCUT2D eigenvalue weighted by Gasteiger charge is 2.32. The number of hydrogen-bond donors (Lipinski definition) is 2. The quantitative estimate of drug-likeness (QED) is 0.869. The topological polar surface area (TPSA) is 79.9 Å². The molecule has 0 aromatic heterocycles. The van der Waals surface area contributed by atoms with E-state index in [2.05, 4.69) is 10.6 Å². The van der Waals surface area contributed by atoms with Gasteiger partial charge in [-0.3, -0.25) is 4.79 Å². The van der Waals surface area contributed by atoms with Crippen molar-refractivity contribution in [3.05, 3.63) is 48.3 Å². The Labute approximate surface area is 155 Å². The molecule has 3 amide bonds. The monoisotopic (exact) mass is 371 g/mol. The fraction of sp³-hybridized carbons (Fsp3) is 0.263. The molecule has 1 saturated heterocycles. The summed E-state index contributed by atoms with van der Waals surface area (Å²) in [7, 11) is 0. The molecule has 0 aliphatic carbocycles. The van der Waals surface area contributed by atoms with Crippen LogP contribution in [0.15, 0.2) is 42.5 Å². The third-order valence-corrected chi connectivity index (χ3v) is 4.38. The van der Waals surface area contributed by atoms with Gasteiger partial charge in [0.1, 0.15) is 19.0 Å². The highest BCUT2D eigenvalue weighted by Crippen LogP contribution is 2.35. The molecule has 0 spiro atoms. The number of ether oxygens (including phenoxy) is 2. The van der Waals surface area contributed by atoms with Gasteiger partial charge < -0.3 is 25.0 Å².